The van der Waals surface area contributed by atoms with Crippen molar-refractivity contribution in [1.82, 2.24) is 4.90 Å². The smallest absolute Gasteiger partial charge is 0.324 e. The summed E-state index contributed by atoms with van der Waals surface area (Å²) < 4.78 is 0. The molecule has 1 fully saturated rings. The molecule has 2 amide bonds. The quantitative estimate of drug-likeness (QED) is 0.883. The topological polar surface area (TPSA) is 60.9 Å². The average molecular weight is 262 g/mol. The number of carboxylic acids is 1. The van der Waals surface area contributed by atoms with Crippen LogP contribution in [-0.2, 0) is 4.79 Å². The molecule has 0 unspecified atom stereocenters. The number of nitrogens with zero attached hydrogens (tertiary/aromatic N) is 2. The molecule has 0 spiro atoms. The summed E-state index contributed by atoms with van der Waals surface area (Å²) in [6.07, 6.45) is 2.31. The van der Waals surface area contributed by atoms with Gasteiger partial charge in [-0.25, -0.2) is 4.79 Å². The van der Waals surface area contributed by atoms with E-state index in [0.29, 0.717) is 18.2 Å². The van der Waals surface area contributed by atoms with Gasteiger partial charge in [0.2, 0.25) is 0 Å². The van der Waals surface area contributed by atoms with E-state index in [-0.39, 0.29) is 12.6 Å². The van der Waals surface area contributed by atoms with E-state index >= 15 is 0 Å². The molecule has 0 heterocycles. The predicted molar refractivity (Wildman–Crippen MR) is 72.2 cm³/mol. The Labute approximate surface area is 112 Å². The third kappa shape index (κ3) is 3.71. The zero-order chi connectivity index (χ0) is 13.8. The van der Waals surface area contributed by atoms with E-state index in [1.807, 2.05) is 6.07 Å². The molecule has 0 aliphatic heterocycles. The van der Waals surface area contributed by atoms with Gasteiger partial charge < -0.3 is 10.0 Å². The van der Waals surface area contributed by atoms with Gasteiger partial charge in [0.1, 0.15) is 6.54 Å². The number of carboxylic acid groups (broad SMARTS) is 1. The molecule has 0 saturated heterocycles. The molecule has 1 aliphatic carbocycles. The molecular formula is C14H18N2O3. The predicted octanol–water partition coefficient (Wildman–Crippen LogP) is 2.04. The lowest BCUT2D eigenvalue weighted by molar-refractivity contribution is -0.135. The van der Waals surface area contributed by atoms with Crippen molar-refractivity contribution in [2.75, 3.05) is 25.0 Å². The van der Waals surface area contributed by atoms with E-state index in [9.17, 15) is 9.59 Å². The molecule has 1 aromatic carbocycles. The van der Waals surface area contributed by atoms with E-state index in [4.69, 9.17) is 5.11 Å². The number of amides is 2. The van der Waals surface area contributed by atoms with Gasteiger partial charge in [-0.15, -0.1) is 0 Å². The number of hydrogen-bond donors (Lipinski definition) is 1. The summed E-state index contributed by atoms with van der Waals surface area (Å²) in [6.45, 7) is 0.375. The van der Waals surface area contributed by atoms with E-state index in [1.54, 1.807) is 36.2 Å². The van der Waals surface area contributed by atoms with E-state index in [1.165, 1.54) is 4.90 Å². The number of para-hydroxylation sites is 1. The minimum atomic E-state index is -1.02. The summed E-state index contributed by atoms with van der Waals surface area (Å²) >= 11 is 0. The van der Waals surface area contributed by atoms with Crippen LogP contribution in [-0.4, -0.2) is 42.1 Å². The summed E-state index contributed by atoms with van der Waals surface area (Å²) in [6, 6.07) is 8.63. The standard InChI is InChI=1S/C14H18N2O3/c1-15(9-11-7-8-11)14(19)16(10-13(17)18)12-5-3-2-4-6-12/h2-6,11H,7-10H2,1H3,(H,17,18). The van der Waals surface area contributed by atoms with Crippen molar-refractivity contribution in [3.05, 3.63) is 30.3 Å². The fourth-order valence-corrected chi connectivity index (χ4v) is 1.98. The van der Waals surface area contributed by atoms with Gasteiger partial charge in [0.25, 0.3) is 0 Å². The maximum atomic E-state index is 12.3. The summed E-state index contributed by atoms with van der Waals surface area (Å²) in [7, 11) is 1.72. The van der Waals surface area contributed by atoms with Gasteiger partial charge >= 0.3 is 12.0 Å². The molecule has 0 aromatic heterocycles. The third-order valence-electron chi connectivity index (χ3n) is 3.15. The summed E-state index contributed by atoms with van der Waals surface area (Å²) in [4.78, 5) is 26.2. The van der Waals surface area contributed by atoms with Crippen molar-refractivity contribution >= 4 is 17.7 Å². The number of rotatable bonds is 5. The molecule has 0 bridgehead atoms. The van der Waals surface area contributed by atoms with E-state index < -0.39 is 5.97 Å². The molecule has 1 aromatic rings. The fraction of sp³-hybridized carbons (Fsp3) is 0.429. The fourth-order valence-electron chi connectivity index (χ4n) is 1.98. The van der Waals surface area contributed by atoms with E-state index in [2.05, 4.69) is 0 Å². The molecule has 1 N–H and O–H groups in total. The van der Waals surface area contributed by atoms with Crippen molar-refractivity contribution in [3.63, 3.8) is 0 Å². The zero-order valence-electron chi connectivity index (χ0n) is 11.0. The maximum absolute atomic E-state index is 12.3. The minimum Gasteiger partial charge on any atom is -0.480 e. The van der Waals surface area contributed by atoms with Crippen LogP contribution < -0.4 is 4.90 Å². The highest BCUT2D eigenvalue weighted by Crippen LogP contribution is 2.29. The van der Waals surface area contributed by atoms with Crippen LogP contribution in [0.2, 0.25) is 0 Å². The Morgan fingerprint density at radius 1 is 1.26 bits per heavy atom. The Bertz CT molecular complexity index is 457. The Balaban J connectivity index is 2.11. The number of hydrogen-bond acceptors (Lipinski definition) is 2. The summed E-state index contributed by atoms with van der Waals surface area (Å²) in [5.74, 6) is -0.437. The molecule has 5 nitrogen and oxygen atoms in total. The first kappa shape index (κ1) is 13.4. The van der Waals surface area contributed by atoms with E-state index in [0.717, 1.165) is 12.8 Å². The Morgan fingerprint density at radius 2 is 1.89 bits per heavy atom. The summed E-state index contributed by atoms with van der Waals surface area (Å²) in [5.41, 5.74) is 0.609. The first-order chi connectivity index (χ1) is 9.08. The van der Waals surface area contributed by atoms with Gasteiger partial charge in [-0.1, -0.05) is 18.2 Å². The lowest BCUT2D eigenvalue weighted by Gasteiger charge is -2.27. The Hall–Kier alpha value is -2.04. The molecule has 1 saturated carbocycles. The van der Waals surface area contributed by atoms with Crippen LogP contribution in [0, 0.1) is 5.92 Å². The molecule has 102 valence electrons. The molecule has 2 rings (SSSR count). The highest BCUT2D eigenvalue weighted by Gasteiger charge is 2.28. The first-order valence-electron chi connectivity index (χ1n) is 6.37. The largest absolute Gasteiger partial charge is 0.480 e. The second kappa shape index (κ2) is 5.73. The zero-order valence-corrected chi connectivity index (χ0v) is 11.0. The molecule has 0 radical (unpaired) electrons. The van der Waals surface area contributed by atoms with Gasteiger partial charge in [-0.3, -0.25) is 9.69 Å². The number of carbonyl (C=O) groups is 2. The van der Waals surface area contributed by atoms with Crippen LogP contribution in [0.4, 0.5) is 10.5 Å². The van der Waals surface area contributed by atoms with Gasteiger partial charge in [0, 0.05) is 19.3 Å². The first-order valence-corrected chi connectivity index (χ1v) is 6.37. The molecule has 5 heteroatoms. The number of aliphatic carboxylic acids is 1. The number of anilines is 1. The number of urea groups is 1. The molecule has 19 heavy (non-hydrogen) atoms. The van der Waals surface area contributed by atoms with Crippen LogP contribution in [0.3, 0.4) is 0 Å². The van der Waals surface area contributed by atoms with Crippen LogP contribution in [0.1, 0.15) is 12.8 Å². The molecule has 1 aliphatic rings. The highest BCUT2D eigenvalue weighted by atomic mass is 16.4. The second-order valence-corrected chi connectivity index (χ2v) is 4.92. The van der Waals surface area contributed by atoms with Crippen molar-refractivity contribution in [2.45, 2.75) is 12.8 Å². The number of benzene rings is 1. The van der Waals surface area contributed by atoms with Crippen molar-refractivity contribution < 1.29 is 14.7 Å². The van der Waals surface area contributed by atoms with Gasteiger partial charge in [0.05, 0.1) is 0 Å². The van der Waals surface area contributed by atoms with Gasteiger partial charge in [0.15, 0.2) is 0 Å². The van der Waals surface area contributed by atoms with Crippen LogP contribution in [0.15, 0.2) is 30.3 Å². The maximum Gasteiger partial charge on any atom is 0.324 e. The van der Waals surface area contributed by atoms with Crippen LogP contribution in [0.25, 0.3) is 0 Å². The van der Waals surface area contributed by atoms with Crippen molar-refractivity contribution in [3.8, 4) is 0 Å². The second-order valence-electron chi connectivity index (χ2n) is 4.92. The Kier molecular flexibility index (Phi) is 4.04. The van der Waals surface area contributed by atoms with Crippen LogP contribution >= 0.6 is 0 Å². The van der Waals surface area contributed by atoms with Crippen molar-refractivity contribution in [2.24, 2.45) is 5.92 Å². The average Bonchev–Trinajstić information content (AvgIpc) is 3.20. The lowest BCUT2D eigenvalue weighted by Crippen LogP contribution is -2.44. The van der Waals surface area contributed by atoms with Crippen molar-refractivity contribution in [1.29, 1.82) is 0 Å². The van der Waals surface area contributed by atoms with Gasteiger partial charge in [-0.05, 0) is 30.9 Å². The van der Waals surface area contributed by atoms with Crippen LogP contribution in [0.5, 0.6) is 0 Å². The normalized spacial score (nSPS) is 13.9. The summed E-state index contributed by atoms with van der Waals surface area (Å²) in [5, 5.41) is 8.96. The minimum absolute atomic E-state index is 0.263. The lowest BCUT2D eigenvalue weighted by atomic mass is 10.3. The monoisotopic (exact) mass is 262 g/mol. The molecular weight excluding hydrogens is 244 g/mol. The SMILES string of the molecule is CN(CC1CC1)C(=O)N(CC(=O)O)c1ccccc1. The molecule has 0 atom stereocenters. The highest BCUT2D eigenvalue weighted by molar-refractivity contribution is 5.96. The third-order valence-corrected chi connectivity index (χ3v) is 3.15. The Morgan fingerprint density at radius 3 is 2.42 bits per heavy atom. The number of carbonyl (C=O) groups excluding carboxylic acids is 1. The van der Waals surface area contributed by atoms with Gasteiger partial charge in [-0.2, -0.15) is 0 Å².